The van der Waals surface area contributed by atoms with Crippen molar-refractivity contribution < 1.29 is 4.79 Å². The second kappa shape index (κ2) is 7.53. The lowest BCUT2D eigenvalue weighted by molar-refractivity contribution is -0.132. The number of rotatable bonds is 4. The van der Waals surface area contributed by atoms with Crippen molar-refractivity contribution in [1.82, 2.24) is 29.7 Å². The maximum atomic E-state index is 12.7. The van der Waals surface area contributed by atoms with Gasteiger partial charge in [0.1, 0.15) is 18.2 Å². The third-order valence-electron chi connectivity index (χ3n) is 5.39. The highest BCUT2D eigenvalue weighted by Gasteiger charge is 2.25. The Bertz CT molecular complexity index is 780. The minimum atomic E-state index is 0.129. The van der Waals surface area contributed by atoms with Crippen LogP contribution in [-0.4, -0.2) is 50.0 Å². The number of imidazole rings is 1. The zero-order valence-corrected chi connectivity index (χ0v) is 15.3. The zero-order valence-electron chi connectivity index (χ0n) is 15.3. The summed E-state index contributed by atoms with van der Waals surface area (Å²) in [6.07, 6.45) is 9.54. The van der Waals surface area contributed by atoms with Crippen molar-refractivity contribution in [2.24, 2.45) is 0 Å². The molecule has 2 aliphatic rings. The van der Waals surface area contributed by atoms with Crippen molar-refractivity contribution in [3.63, 3.8) is 0 Å². The standard InChI is InChI=1S/C19H26N6O/c1-2-17-21-7-9-24(17)13-18(26)25-8-5-16-15(12-25)11-22-19(23-16)14-4-3-6-20-10-14/h7,9,11,14,20H,2-6,8,10,12-13H2,1H3/t14-/m0/s1. The van der Waals surface area contributed by atoms with Crippen molar-refractivity contribution in [3.05, 3.63) is 41.5 Å². The first-order valence-corrected chi connectivity index (χ1v) is 9.57. The highest BCUT2D eigenvalue weighted by molar-refractivity contribution is 5.76. The average Bonchev–Trinajstić information content (AvgIpc) is 3.15. The predicted octanol–water partition coefficient (Wildman–Crippen LogP) is 1.29. The summed E-state index contributed by atoms with van der Waals surface area (Å²) in [5.74, 6) is 2.46. The number of carbonyl (C=O) groups excluding carboxylic acids is 1. The van der Waals surface area contributed by atoms with Crippen LogP contribution in [0.1, 0.15) is 48.6 Å². The Morgan fingerprint density at radius 1 is 1.38 bits per heavy atom. The molecule has 2 aromatic rings. The minimum absolute atomic E-state index is 0.129. The smallest absolute Gasteiger partial charge is 0.242 e. The van der Waals surface area contributed by atoms with E-state index in [0.717, 1.165) is 61.8 Å². The summed E-state index contributed by atoms with van der Waals surface area (Å²) in [7, 11) is 0. The van der Waals surface area contributed by atoms with E-state index >= 15 is 0 Å². The molecule has 1 saturated heterocycles. The lowest BCUT2D eigenvalue weighted by atomic mass is 9.98. The lowest BCUT2D eigenvalue weighted by Gasteiger charge is -2.29. The van der Waals surface area contributed by atoms with E-state index in [0.29, 0.717) is 19.0 Å². The number of hydrogen-bond acceptors (Lipinski definition) is 5. The molecule has 0 aromatic carbocycles. The van der Waals surface area contributed by atoms with E-state index in [-0.39, 0.29) is 5.91 Å². The normalized spacial score (nSPS) is 20.0. The number of hydrogen-bond donors (Lipinski definition) is 1. The molecule has 1 atom stereocenters. The van der Waals surface area contributed by atoms with Gasteiger partial charge in [-0.25, -0.2) is 15.0 Å². The van der Waals surface area contributed by atoms with Crippen LogP contribution in [0.15, 0.2) is 18.6 Å². The Morgan fingerprint density at radius 3 is 3.12 bits per heavy atom. The lowest BCUT2D eigenvalue weighted by Crippen LogP contribution is -2.39. The molecular weight excluding hydrogens is 328 g/mol. The summed E-state index contributed by atoms with van der Waals surface area (Å²) >= 11 is 0. The number of amides is 1. The monoisotopic (exact) mass is 354 g/mol. The van der Waals surface area contributed by atoms with Crippen LogP contribution in [0.2, 0.25) is 0 Å². The first-order valence-electron chi connectivity index (χ1n) is 9.57. The molecule has 26 heavy (non-hydrogen) atoms. The third kappa shape index (κ3) is 3.49. The number of nitrogens with one attached hydrogen (secondary N) is 1. The number of piperidine rings is 1. The van der Waals surface area contributed by atoms with Gasteiger partial charge in [-0.15, -0.1) is 0 Å². The van der Waals surface area contributed by atoms with E-state index in [9.17, 15) is 4.79 Å². The predicted molar refractivity (Wildman–Crippen MR) is 97.6 cm³/mol. The van der Waals surface area contributed by atoms with Crippen LogP contribution in [-0.2, 0) is 30.7 Å². The number of nitrogens with zero attached hydrogens (tertiary/aromatic N) is 5. The van der Waals surface area contributed by atoms with Gasteiger partial charge in [0.15, 0.2) is 0 Å². The van der Waals surface area contributed by atoms with Gasteiger partial charge >= 0.3 is 0 Å². The summed E-state index contributed by atoms with van der Waals surface area (Å²) < 4.78 is 1.94. The third-order valence-corrected chi connectivity index (χ3v) is 5.39. The van der Waals surface area contributed by atoms with Crippen molar-refractivity contribution in [2.75, 3.05) is 19.6 Å². The topological polar surface area (TPSA) is 75.9 Å². The molecule has 1 amide bonds. The van der Waals surface area contributed by atoms with E-state index < -0.39 is 0 Å². The van der Waals surface area contributed by atoms with Gasteiger partial charge in [-0.05, 0) is 19.4 Å². The molecule has 138 valence electrons. The van der Waals surface area contributed by atoms with Gasteiger partial charge in [0.2, 0.25) is 5.91 Å². The molecule has 7 nitrogen and oxygen atoms in total. The molecule has 2 aliphatic heterocycles. The molecule has 0 bridgehead atoms. The van der Waals surface area contributed by atoms with Gasteiger partial charge in [0.25, 0.3) is 0 Å². The van der Waals surface area contributed by atoms with E-state index in [4.69, 9.17) is 4.98 Å². The molecule has 1 N–H and O–H groups in total. The van der Waals surface area contributed by atoms with Gasteiger partial charge < -0.3 is 14.8 Å². The van der Waals surface area contributed by atoms with Crippen LogP contribution >= 0.6 is 0 Å². The molecule has 0 unspecified atom stereocenters. The zero-order chi connectivity index (χ0) is 17.9. The Labute approximate surface area is 153 Å². The number of aromatic nitrogens is 4. The molecular formula is C19H26N6O. The summed E-state index contributed by atoms with van der Waals surface area (Å²) in [5.41, 5.74) is 2.19. The molecule has 2 aromatic heterocycles. The second-order valence-corrected chi connectivity index (χ2v) is 7.13. The Balaban J connectivity index is 1.43. The van der Waals surface area contributed by atoms with E-state index in [1.165, 1.54) is 6.42 Å². The quantitative estimate of drug-likeness (QED) is 0.895. The Hall–Kier alpha value is -2.28. The van der Waals surface area contributed by atoms with Crippen LogP contribution in [0.4, 0.5) is 0 Å². The molecule has 0 aliphatic carbocycles. The van der Waals surface area contributed by atoms with Crippen molar-refractivity contribution >= 4 is 5.91 Å². The summed E-state index contributed by atoms with van der Waals surface area (Å²) in [6, 6.07) is 0. The van der Waals surface area contributed by atoms with Crippen molar-refractivity contribution in [2.45, 2.75) is 51.6 Å². The van der Waals surface area contributed by atoms with Crippen LogP contribution in [0.25, 0.3) is 0 Å². The van der Waals surface area contributed by atoms with Crippen LogP contribution in [0.5, 0.6) is 0 Å². The maximum Gasteiger partial charge on any atom is 0.242 e. The van der Waals surface area contributed by atoms with E-state index in [1.807, 2.05) is 21.9 Å². The first kappa shape index (κ1) is 17.1. The van der Waals surface area contributed by atoms with Crippen LogP contribution < -0.4 is 5.32 Å². The summed E-state index contributed by atoms with van der Waals surface area (Å²) in [5, 5.41) is 3.43. The SMILES string of the molecule is CCc1nccn1CC(=O)N1CCc2nc([C@H]3CCCNC3)ncc2C1. The molecule has 4 heterocycles. The van der Waals surface area contributed by atoms with Gasteiger partial charge in [-0.3, -0.25) is 4.79 Å². The fourth-order valence-electron chi connectivity index (χ4n) is 3.86. The van der Waals surface area contributed by atoms with Gasteiger partial charge in [0, 0.05) is 62.5 Å². The van der Waals surface area contributed by atoms with Crippen LogP contribution in [0.3, 0.4) is 0 Å². The summed E-state index contributed by atoms with van der Waals surface area (Å²) in [6.45, 7) is 5.79. The molecule has 0 radical (unpaired) electrons. The van der Waals surface area contributed by atoms with Crippen molar-refractivity contribution in [3.8, 4) is 0 Å². The first-order chi connectivity index (χ1) is 12.7. The summed E-state index contributed by atoms with van der Waals surface area (Å²) in [4.78, 5) is 28.3. The van der Waals surface area contributed by atoms with E-state index in [1.54, 1.807) is 6.20 Å². The van der Waals surface area contributed by atoms with Gasteiger partial charge in [-0.2, -0.15) is 0 Å². The van der Waals surface area contributed by atoms with Gasteiger partial charge in [0.05, 0.1) is 5.69 Å². The Morgan fingerprint density at radius 2 is 2.31 bits per heavy atom. The molecule has 0 saturated carbocycles. The minimum Gasteiger partial charge on any atom is -0.336 e. The maximum absolute atomic E-state index is 12.7. The number of aryl methyl sites for hydroxylation is 1. The average molecular weight is 354 g/mol. The highest BCUT2D eigenvalue weighted by Crippen LogP contribution is 2.23. The fourth-order valence-corrected chi connectivity index (χ4v) is 3.86. The largest absolute Gasteiger partial charge is 0.336 e. The molecule has 0 spiro atoms. The molecule has 1 fully saturated rings. The highest BCUT2D eigenvalue weighted by atomic mass is 16.2. The van der Waals surface area contributed by atoms with E-state index in [2.05, 4.69) is 22.2 Å². The Kier molecular flexibility index (Phi) is 4.97. The number of fused-ring (bicyclic) bond motifs is 1. The number of carbonyl (C=O) groups is 1. The fraction of sp³-hybridized carbons (Fsp3) is 0.579. The van der Waals surface area contributed by atoms with Gasteiger partial charge in [-0.1, -0.05) is 6.92 Å². The molecule has 7 heteroatoms. The molecule has 4 rings (SSSR count). The second-order valence-electron chi connectivity index (χ2n) is 7.13. The van der Waals surface area contributed by atoms with Crippen molar-refractivity contribution in [1.29, 1.82) is 0 Å². The van der Waals surface area contributed by atoms with Crippen LogP contribution in [0, 0.1) is 0 Å².